The van der Waals surface area contributed by atoms with Gasteiger partial charge in [-0.15, -0.1) is 0 Å². The van der Waals surface area contributed by atoms with Crippen LogP contribution in [0, 0.1) is 11.3 Å². The number of hydrogen-bond acceptors (Lipinski definition) is 5. The summed E-state index contributed by atoms with van der Waals surface area (Å²) in [6, 6.07) is 16.7. The van der Waals surface area contributed by atoms with Crippen molar-refractivity contribution in [2.45, 2.75) is 6.04 Å². The number of likely N-dealkylation sites (N-methyl/N-ethyl adjacent to an activating group) is 1. The van der Waals surface area contributed by atoms with Crippen molar-refractivity contribution in [3.05, 3.63) is 59.7 Å². The average molecular weight is 353 g/mol. The van der Waals surface area contributed by atoms with Crippen LogP contribution in [0.2, 0.25) is 0 Å². The van der Waals surface area contributed by atoms with Gasteiger partial charge >= 0.3 is 0 Å². The first-order valence-electron chi connectivity index (χ1n) is 8.24. The minimum absolute atomic E-state index is 0.0243. The molecule has 1 N–H and O–H groups in total. The molecule has 2 rings (SSSR count). The Morgan fingerprint density at radius 3 is 2.50 bits per heavy atom. The maximum atomic E-state index is 12.1. The molecule has 26 heavy (non-hydrogen) atoms. The first-order valence-corrected chi connectivity index (χ1v) is 8.24. The molecule has 1 atom stereocenters. The molecule has 6 heteroatoms. The SMILES string of the molecule is COc1ccc(C(CNC(=O)COc2ccccc2C#N)N(C)C)cc1. The van der Waals surface area contributed by atoms with Crippen LogP contribution < -0.4 is 14.8 Å². The molecule has 0 fully saturated rings. The second kappa shape index (κ2) is 9.44. The van der Waals surface area contributed by atoms with E-state index in [-0.39, 0.29) is 18.6 Å². The first kappa shape index (κ1) is 19.3. The molecule has 0 bridgehead atoms. The Balaban J connectivity index is 1.91. The third kappa shape index (κ3) is 5.23. The molecule has 1 unspecified atom stereocenters. The number of para-hydroxylation sites is 1. The Kier molecular flexibility index (Phi) is 7.01. The maximum Gasteiger partial charge on any atom is 0.258 e. The summed E-state index contributed by atoms with van der Waals surface area (Å²) in [7, 11) is 5.55. The van der Waals surface area contributed by atoms with Gasteiger partial charge in [-0.25, -0.2) is 0 Å². The van der Waals surface area contributed by atoms with Crippen molar-refractivity contribution in [1.82, 2.24) is 10.2 Å². The van der Waals surface area contributed by atoms with E-state index in [0.717, 1.165) is 11.3 Å². The largest absolute Gasteiger partial charge is 0.497 e. The lowest BCUT2D eigenvalue weighted by atomic mass is 10.1. The number of rotatable bonds is 8. The standard InChI is InChI=1S/C20H23N3O3/c1-23(2)18(15-8-10-17(25-3)11-9-15)13-22-20(24)14-26-19-7-5-4-6-16(19)12-21/h4-11,18H,13-14H2,1-3H3,(H,22,24). The minimum atomic E-state index is -0.238. The van der Waals surface area contributed by atoms with Gasteiger partial charge in [0.1, 0.15) is 17.6 Å². The minimum Gasteiger partial charge on any atom is -0.497 e. The third-order valence-corrected chi connectivity index (χ3v) is 3.98. The predicted molar refractivity (Wildman–Crippen MR) is 99.1 cm³/mol. The van der Waals surface area contributed by atoms with Crippen LogP contribution in [0.5, 0.6) is 11.5 Å². The highest BCUT2D eigenvalue weighted by Crippen LogP contribution is 2.21. The fourth-order valence-electron chi connectivity index (χ4n) is 2.51. The van der Waals surface area contributed by atoms with Gasteiger partial charge in [-0.1, -0.05) is 24.3 Å². The normalized spacial score (nSPS) is 11.5. The maximum absolute atomic E-state index is 12.1. The predicted octanol–water partition coefficient (Wildman–Crippen LogP) is 2.36. The van der Waals surface area contributed by atoms with E-state index in [1.54, 1.807) is 31.4 Å². The van der Waals surface area contributed by atoms with Gasteiger partial charge in [-0.05, 0) is 43.9 Å². The van der Waals surface area contributed by atoms with Gasteiger partial charge in [0.2, 0.25) is 0 Å². The molecule has 2 aromatic rings. The van der Waals surface area contributed by atoms with Crippen molar-refractivity contribution in [1.29, 1.82) is 5.26 Å². The molecule has 0 aliphatic rings. The van der Waals surface area contributed by atoms with Gasteiger partial charge in [0, 0.05) is 6.54 Å². The van der Waals surface area contributed by atoms with Gasteiger partial charge in [-0.3, -0.25) is 4.79 Å². The van der Waals surface area contributed by atoms with Crippen LogP contribution in [0.4, 0.5) is 0 Å². The zero-order valence-corrected chi connectivity index (χ0v) is 15.2. The lowest BCUT2D eigenvalue weighted by Crippen LogP contribution is -2.36. The first-order chi connectivity index (χ1) is 12.5. The van der Waals surface area contributed by atoms with E-state index in [4.69, 9.17) is 14.7 Å². The van der Waals surface area contributed by atoms with Crippen LogP contribution in [0.3, 0.4) is 0 Å². The molecule has 0 aliphatic heterocycles. The summed E-state index contributed by atoms with van der Waals surface area (Å²) in [4.78, 5) is 14.2. The molecule has 2 aromatic carbocycles. The van der Waals surface area contributed by atoms with Crippen LogP contribution >= 0.6 is 0 Å². The van der Waals surface area contributed by atoms with Crippen LogP contribution in [-0.4, -0.2) is 45.2 Å². The van der Waals surface area contributed by atoms with Crippen molar-refractivity contribution in [3.63, 3.8) is 0 Å². The number of methoxy groups -OCH3 is 1. The Bertz CT molecular complexity index is 767. The Morgan fingerprint density at radius 2 is 1.88 bits per heavy atom. The monoisotopic (exact) mass is 353 g/mol. The summed E-state index contributed by atoms with van der Waals surface area (Å²) in [6.45, 7) is 0.308. The zero-order valence-electron chi connectivity index (χ0n) is 15.2. The van der Waals surface area contributed by atoms with E-state index in [2.05, 4.69) is 5.32 Å². The van der Waals surface area contributed by atoms with Crippen LogP contribution in [0.1, 0.15) is 17.2 Å². The van der Waals surface area contributed by atoms with Gasteiger partial charge in [-0.2, -0.15) is 5.26 Å². The molecule has 0 radical (unpaired) electrons. The number of carbonyl (C=O) groups is 1. The summed E-state index contributed by atoms with van der Waals surface area (Å²) in [6.07, 6.45) is 0. The lowest BCUT2D eigenvalue weighted by Gasteiger charge is -2.25. The van der Waals surface area contributed by atoms with Crippen LogP contribution in [-0.2, 0) is 4.79 Å². The number of nitrogens with one attached hydrogen (secondary N) is 1. The van der Waals surface area contributed by atoms with E-state index in [1.165, 1.54) is 0 Å². The number of amides is 1. The van der Waals surface area contributed by atoms with E-state index in [9.17, 15) is 4.79 Å². The number of nitriles is 1. The number of ether oxygens (including phenoxy) is 2. The smallest absolute Gasteiger partial charge is 0.258 e. The molecule has 0 saturated heterocycles. The fraction of sp³-hybridized carbons (Fsp3) is 0.300. The molecule has 0 heterocycles. The Hall–Kier alpha value is -3.04. The van der Waals surface area contributed by atoms with Crippen molar-refractivity contribution in [3.8, 4) is 17.6 Å². The highest BCUT2D eigenvalue weighted by atomic mass is 16.5. The van der Waals surface area contributed by atoms with Gasteiger partial charge in [0.05, 0.1) is 18.7 Å². The summed E-state index contributed by atoms with van der Waals surface area (Å²) in [5.74, 6) is 0.961. The van der Waals surface area contributed by atoms with E-state index < -0.39 is 0 Å². The molecule has 0 aliphatic carbocycles. The Morgan fingerprint density at radius 1 is 1.19 bits per heavy atom. The zero-order chi connectivity index (χ0) is 18.9. The Labute approximate surface area is 153 Å². The molecule has 6 nitrogen and oxygen atoms in total. The van der Waals surface area contributed by atoms with Crippen molar-refractivity contribution >= 4 is 5.91 Å². The fourth-order valence-corrected chi connectivity index (χ4v) is 2.51. The molecule has 136 valence electrons. The number of nitrogens with zero attached hydrogens (tertiary/aromatic N) is 2. The summed E-state index contributed by atoms with van der Waals surface area (Å²) in [5, 5.41) is 11.9. The van der Waals surface area contributed by atoms with Gasteiger partial charge in [0.25, 0.3) is 5.91 Å². The summed E-state index contributed by atoms with van der Waals surface area (Å²) >= 11 is 0. The van der Waals surface area contributed by atoms with Crippen LogP contribution in [0.25, 0.3) is 0 Å². The van der Waals surface area contributed by atoms with Crippen LogP contribution in [0.15, 0.2) is 48.5 Å². The molecular formula is C20H23N3O3. The van der Waals surface area contributed by atoms with Crippen molar-refractivity contribution in [2.75, 3.05) is 34.4 Å². The van der Waals surface area contributed by atoms with Crippen molar-refractivity contribution in [2.24, 2.45) is 0 Å². The molecule has 0 spiro atoms. The van der Waals surface area contributed by atoms with Crippen molar-refractivity contribution < 1.29 is 14.3 Å². The number of carbonyl (C=O) groups excluding carboxylic acids is 1. The highest BCUT2D eigenvalue weighted by Gasteiger charge is 2.16. The summed E-state index contributed by atoms with van der Waals surface area (Å²) in [5.41, 5.74) is 1.48. The summed E-state index contributed by atoms with van der Waals surface area (Å²) < 4.78 is 10.6. The molecule has 1 amide bonds. The highest BCUT2D eigenvalue weighted by molar-refractivity contribution is 5.77. The lowest BCUT2D eigenvalue weighted by molar-refractivity contribution is -0.123. The number of hydrogen-bond donors (Lipinski definition) is 1. The van der Waals surface area contributed by atoms with E-state index >= 15 is 0 Å². The van der Waals surface area contributed by atoms with E-state index in [0.29, 0.717) is 17.9 Å². The molecular weight excluding hydrogens is 330 g/mol. The number of benzene rings is 2. The topological polar surface area (TPSA) is 74.6 Å². The second-order valence-corrected chi connectivity index (χ2v) is 5.95. The average Bonchev–Trinajstić information content (AvgIpc) is 2.67. The van der Waals surface area contributed by atoms with Gasteiger partial charge in [0.15, 0.2) is 6.61 Å². The molecule has 0 saturated carbocycles. The second-order valence-electron chi connectivity index (χ2n) is 5.95. The van der Waals surface area contributed by atoms with Gasteiger partial charge < -0.3 is 19.7 Å². The molecule has 0 aromatic heterocycles. The quantitative estimate of drug-likeness (QED) is 0.789. The van der Waals surface area contributed by atoms with E-state index in [1.807, 2.05) is 49.3 Å². The third-order valence-electron chi connectivity index (χ3n) is 3.98.